The molecular weight excluding hydrogens is 208 g/mol. The summed E-state index contributed by atoms with van der Waals surface area (Å²) >= 11 is 0. The van der Waals surface area contributed by atoms with E-state index in [4.69, 9.17) is 18.6 Å². The highest BCUT2D eigenvalue weighted by Crippen LogP contribution is 2.29. The lowest BCUT2D eigenvalue weighted by molar-refractivity contribution is -0.151. The molecule has 0 fully saturated rings. The molecule has 16 heavy (non-hydrogen) atoms. The Kier molecular flexibility index (Phi) is 5.35. The highest BCUT2D eigenvalue weighted by Gasteiger charge is 2.20. The van der Waals surface area contributed by atoms with Gasteiger partial charge in [0.1, 0.15) is 0 Å². The van der Waals surface area contributed by atoms with Gasteiger partial charge in [-0.25, -0.2) is 0 Å². The molecule has 0 N–H and O–H groups in total. The molecule has 4 nitrogen and oxygen atoms in total. The van der Waals surface area contributed by atoms with Crippen LogP contribution < -0.4 is 4.74 Å². The molecular formula is C12H20O4. The van der Waals surface area contributed by atoms with Gasteiger partial charge in [0, 0.05) is 19.3 Å². The van der Waals surface area contributed by atoms with E-state index in [9.17, 15) is 0 Å². The average molecular weight is 228 g/mol. The molecule has 4 heteroatoms. The van der Waals surface area contributed by atoms with Gasteiger partial charge in [0.05, 0.1) is 6.61 Å². The lowest BCUT2D eigenvalue weighted by Gasteiger charge is -2.15. The molecule has 0 aliphatic rings. The zero-order valence-corrected chi connectivity index (χ0v) is 10.4. The Bertz CT molecular complexity index is 300. The lowest BCUT2D eigenvalue weighted by atomic mass is 10.3. The van der Waals surface area contributed by atoms with Crippen molar-refractivity contribution in [3.05, 3.63) is 17.4 Å². The van der Waals surface area contributed by atoms with E-state index in [1.165, 1.54) is 0 Å². The summed E-state index contributed by atoms with van der Waals surface area (Å²) in [6, 6.07) is 1.85. The topological polar surface area (TPSA) is 40.8 Å². The fourth-order valence-electron chi connectivity index (χ4n) is 1.42. The van der Waals surface area contributed by atoms with Crippen LogP contribution in [0, 0.1) is 6.92 Å². The van der Waals surface area contributed by atoms with E-state index < -0.39 is 6.29 Å². The fraction of sp³-hybridized carbons (Fsp3) is 0.667. The van der Waals surface area contributed by atoms with Gasteiger partial charge in [0.25, 0.3) is 5.95 Å². The number of ether oxygens (including phenoxy) is 3. The van der Waals surface area contributed by atoms with E-state index in [1.54, 1.807) is 0 Å². The molecule has 1 aromatic heterocycles. The molecule has 0 spiro atoms. The second-order valence-corrected chi connectivity index (χ2v) is 3.29. The molecule has 0 saturated heterocycles. The van der Waals surface area contributed by atoms with Crippen molar-refractivity contribution < 1.29 is 18.6 Å². The maximum atomic E-state index is 5.55. The Morgan fingerprint density at radius 3 is 2.25 bits per heavy atom. The van der Waals surface area contributed by atoms with Crippen LogP contribution in [-0.4, -0.2) is 19.8 Å². The summed E-state index contributed by atoms with van der Waals surface area (Å²) in [6.45, 7) is 9.46. The molecule has 92 valence electrons. The summed E-state index contributed by atoms with van der Waals surface area (Å²) in [7, 11) is 0. The third kappa shape index (κ3) is 3.25. The number of hydrogen-bond donors (Lipinski definition) is 0. The predicted octanol–water partition coefficient (Wildman–Crippen LogP) is 3.06. The minimum Gasteiger partial charge on any atom is -0.465 e. The zero-order valence-electron chi connectivity index (χ0n) is 10.4. The largest absolute Gasteiger partial charge is 0.465 e. The number of hydrogen-bond acceptors (Lipinski definition) is 4. The van der Waals surface area contributed by atoms with Crippen LogP contribution in [0.25, 0.3) is 0 Å². The summed E-state index contributed by atoms with van der Waals surface area (Å²) in [5, 5.41) is 0. The van der Waals surface area contributed by atoms with Crippen molar-refractivity contribution in [2.45, 2.75) is 34.0 Å². The molecule has 0 bridgehead atoms. The van der Waals surface area contributed by atoms with Crippen LogP contribution >= 0.6 is 0 Å². The van der Waals surface area contributed by atoms with Crippen molar-refractivity contribution in [3.63, 3.8) is 0 Å². The zero-order chi connectivity index (χ0) is 12.0. The second kappa shape index (κ2) is 6.55. The van der Waals surface area contributed by atoms with E-state index >= 15 is 0 Å². The molecule has 0 unspecified atom stereocenters. The van der Waals surface area contributed by atoms with E-state index in [-0.39, 0.29) is 0 Å². The van der Waals surface area contributed by atoms with Gasteiger partial charge in [-0.15, -0.1) is 0 Å². The van der Waals surface area contributed by atoms with Gasteiger partial charge in [0.15, 0.2) is 5.76 Å². The van der Waals surface area contributed by atoms with Crippen LogP contribution in [0.2, 0.25) is 0 Å². The molecule has 0 amide bonds. The highest BCUT2D eigenvalue weighted by atomic mass is 16.7. The summed E-state index contributed by atoms with van der Waals surface area (Å²) in [6.07, 6.45) is -0.441. The van der Waals surface area contributed by atoms with Gasteiger partial charge in [-0.1, -0.05) is 0 Å². The van der Waals surface area contributed by atoms with Crippen LogP contribution in [0.15, 0.2) is 10.5 Å². The van der Waals surface area contributed by atoms with Crippen LogP contribution in [0.4, 0.5) is 0 Å². The quantitative estimate of drug-likeness (QED) is 0.672. The first-order chi connectivity index (χ1) is 7.72. The van der Waals surface area contributed by atoms with Gasteiger partial charge < -0.3 is 18.6 Å². The smallest absolute Gasteiger partial charge is 0.284 e. The van der Waals surface area contributed by atoms with Crippen LogP contribution in [0.3, 0.4) is 0 Å². The normalized spacial score (nSPS) is 11.1. The van der Waals surface area contributed by atoms with Crippen LogP contribution in [0.1, 0.15) is 38.4 Å². The molecule has 0 aromatic carbocycles. The minimum absolute atomic E-state index is 0.441. The molecule has 0 aliphatic carbocycles. The Hall–Kier alpha value is -1.00. The van der Waals surface area contributed by atoms with Crippen molar-refractivity contribution in [2.75, 3.05) is 19.8 Å². The highest BCUT2D eigenvalue weighted by molar-refractivity contribution is 5.24. The first kappa shape index (κ1) is 13.1. The Labute approximate surface area is 96.5 Å². The Morgan fingerprint density at radius 1 is 1.12 bits per heavy atom. The summed E-state index contributed by atoms with van der Waals surface area (Å²) in [4.78, 5) is 0. The van der Waals surface area contributed by atoms with E-state index in [2.05, 4.69) is 0 Å². The minimum atomic E-state index is -0.441. The third-order valence-electron chi connectivity index (χ3n) is 2.07. The van der Waals surface area contributed by atoms with E-state index in [0.29, 0.717) is 31.5 Å². The van der Waals surface area contributed by atoms with Gasteiger partial charge in [-0.05, 0) is 33.3 Å². The standard InChI is InChI=1S/C12H20O4/c1-5-13-10-8-9(4)11(16-10)12(14-6-2)15-7-3/h8,12H,5-7H2,1-4H3. The van der Waals surface area contributed by atoms with Gasteiger partial charge in [-0.3, -0.25) is 0 Å². The lowest BCUT2D eigenvalue weighted by Crippen LogP contribution is -2.08. The molecule has 1 aromatic rings. The summed E-state index contributed by atoms with van der Waals surface area (Å²) in [5.74, 6) is 1.20. The van der Waals surface area contributed by atoms with Crippen molar-refractivity contribution in [1.29, 1.82) is 0 Å². The van der Waals surface area contributed by atoms with Crippen molar-refractivity contribution >= 4 is 0 Å². The first-order valence-electron chi connectivity index (χ1n) is 5.69. The summed E-state index contributed by atoms with van der Waals surface area (Å²) in [5.41, 5.74) is 0.982. The maximum Gasteiger partial charge on any atom is 0.284 e. The number of furan rings is 1. The molecule has 1 rings (SSSR count). The first-order valence-corrected chi connectivity index (χ1v) is 5.69. The molecule has 0 saturated carbocycles. The van der Waals surface area contributed by atoms with E-state index in [1.807, 2.05) is 33.8 Å². The maximum absolute atomic E-state index is 5.55. The average Bonchev–Trinajstić information content (AvgIpc) is 2.60. The van der Waals surface area contributed by atoms with Gasteiger partial charge in [0.2, 0.25) is 6.29 Å². The van der Waals surface area contributed by atoms with Gasteiger partial charge >= 0.3 is 0 Å². The van der Waals surface area contributed by atoms with Crippen molar-refractivity contribution in [1.82, 2.24) is 0 Å². The molecule has 0 atom stereocenters. The molecule has 0 radical (unpaired) electrons. The third-order valence-corrected chi connectivity index (χ3v) is 2.07. The fourth-order valence-corrected chi connectivity index (χ4v) is 1.42. The second-order valence-electron chi connectivity index (χ2n) is 3.29. The van der Waals surface area contributed by atoms with Crippen molar-refractivity contribution in [3.8, 4) is 5.95 Å². The molecule has 0 aliphatic heterocycles. The number of rotatable bonds is 7. The van der Waals surface area contributed by atoms with E-state index in [0.717, 1.165) is 5.56 Å². The number of aryl methyl sites for hydroxylation is 1. The monoisotopic (exact) mass is 228 g/mol. The van der Waals surface area contributed by atoms with Crippen molar-refractivity contribution in [2.24, 2.45) is 0 Å². The Morgan fingerprint density at radius 2 is 1.75 bits per heavy atom. The van der Waals surface area contributed by atoms with Crippen LogP contribution in [-0.2, 0) is 9.47 Å². The Balaban J connectivity index is 2.81. The van der Waals surface area contributed by atoms with Gasteiger partial charge in [-0.2, -0.15) is 0 Å². The molecule has 1 heterocycles. The van der Waals surface area contributed by atoms with Crippen LogP contribution in [0.5, 0.6) is 5.95 Å². The predicted molar refractivity (Wildman–Crippen MR) is 60.6 cm³/mol. The SMILES string of the molecule is CCOc1cc(C)c(C(OCC)OCC)o1. The summed E-state index contributed by atoms with van der Waals surface area (Å²) < 4.78 is 21.8.